The van der Waals surface area contributed by atoms with Gasteiger partial charge >= 0.3 is 0 Å². The van der Waals surface area contributed by atoms with Crippen LogP contribution in [0.5, 0.6) is 5.75 Å². The molecule has 0 aliphatic rings. The molecule has 21 heavy (non-hydrogen) atoms. The quantitative estimate of drug-likeness (QED) is 0.877. The van der Waals surface area contributed by atoms with Gasteiger partial charge in [0.15, 0.2) is 0 Å². The van der Waals surface area contributed by atoms with Gasteiger partial charge in [-0.3, -0.25) is 0 Å². The fourth-order valence-corrected chi connectivity index (χ4v) is 2.32. The second-order valence-corrected chi connectivity index (χ2v) is 5.22. The van der Waals surface area contributed by atoms with Gasteiger partial charge < -0.3 is 14.7 Å². The lowest BCUT2D eigenvalue weighted by Gasteiger charge is -2.20. The molecule has 0 aliphatic carbocycles. The van der Waals surface area contributed by atoms with Gasteiger partial charge in [-0.2, -0.15) is 0 Å². The number of aliphatic hydroxyl groups excluding tert-OH is 1. The summed E-state index contributed by atoms with van der Waals surface area (Å²) in [6, 6.07) is 16.2. The molecule has 0 aromatic heterocycles. The third-order valence-corrected chi connectivity index (χ3v) is 3.66. The van der Waals surface area contributed by atoms with Crippen molar-refractivity contribution in [2.24, 2.45) is 0 Å². The molecule has 0 radical (unpaired) electrons. The van der Waals surface area contributed by atoms with E-state index in [1.54, 1.807) is 7.11 Å². The molecule has 3 heteroatoms. The van der Waals surface area contributed by atoms with Crippen molar-refractivity contribution in [3.8, 4) is 5.75 Å². The van der Waals surface area contributed by atoms with Crippen molar-refractivity contribution in [2.45, 2.75) is 26.0 Å². The Morgan fingerprint density at radius 1 is 1.14 bits per heavy atom. The second-order valence-electron chi connectivity index (χ2n) is 5.22. The van der Waals surface area contributed by atoms with Crippen molar-refractivity contribution in [3.63, 3.8) is 0 Å². The van der Waals surface area contributed by atoms with Crippen LogP contribution >= 0.6 is 0 Å². The zero-order chi connectivity index (χ0) is 15.2. The number of methoxy groups -OCH3 is 1. The molecule has 0 aliphatic heterocycles. The Morgan fingerprint density at radius 2 is 1.86 bits per heavy atom. The minimum atomic E-state index is -0.372. The van der Waals surface area contributed by atoms with Gasteiger partial charge in [-0.15, -0.1) is 0 Å². The average Bonchev–Trinajstić information content (AvgIpc) is 2.54. The van der Waals surface area contributed by atoms with Crippen LogP contribution in [-0.4, -0.2) is 19.3 Å². The minimum absolute atomic E-state index is 0.372. The molecule has 3 nitrogen and oxygen atoms in total. The summed E-state index contributed by atoms with van der Waals surface area (Å²) in [6.45, 7) is 2.79. The Hall–Kier alpha value is -2.00. The lowest BCUT2D eigenvalue weighted by atomic mass is 10.1. The highest BCUT2D eigenvalue weighted by Crippen LogP contribution is 2.22. The Kier molecular flexibility index (Phi) is 5.23. The highest BCUT2D eigenvalue weighted by Gasteiger charge is 2.07. The summed E-state index contributed by atoms with van der Waals surface area (Å²) in [4.78, 5) is 2.18. The number of rotatable bonds is 6. The lowest BCUT2D eigenvalue weighted by molar-refractivity contribution is 0.173. The Labute approximate surface area is 126 Å². The predicted molar refractivity (Wildman–Crippen MR) is 86.8 cm³/mol. The van der Waals surface area contributed by atoms with Crippen molar-refractivity contribution < 1.29 is 9.84 Å². The minimum Gasteiger partial charge on any atom is -0.497 e. The highest BCUT2D eigenvalue weighted by atomic mass is 16.5. The summed E-state index contributed by atoms with van der Waals surface area (Å²) >= 11 is 0. The monoisotopic (exact) mass is 285 g/mol. The predicted octanol–water partition coefficient (Wildman–Crippen LogP) is 3.78. The van der Waals surface area contributed by atoms with Gasteiger partial charge in [0.05, 0.1) is 13.2 Å². The largest absolute Gasteiger partial charge is 0.497 e. The van der Waals surface area contributed by atoms with Crippen LogP contribution < -0.4 is 9.64 Å². The summed E-state index contributed by atoms with van der Waals surface area (Å²) in [5, 5.41) is 9.82. The standard InChI is InChI=1S/C18H23NO2/c1-4-18(20)15-8-10-16(11-9-15)19(2)13-14-6-5-7-17(12-14)21-3/h5-12,18,20H,4,13H2,1-3H3/t18-/m1/s1. The van der Waals surface area contributed by atoms with Crippen LogP contribution in [0.25, 0.3) is 0 Å². The van der Waals surface area contributed by atoms with Gasteiger partial charge in [-0.05, 0) is 41.8 Å². The van der Waals surface area contributed by atoms with E-state index in [4.69, 9.17) is 4.74 Å². The fourth-order valence-electron chi connectivity index (χ4n) is 2.32. The van der Waals surface area contributed by atoms with Crippen molar-refractivity contribution in [2.75, 3.05) is 19.1 Å². The molecular weight excluding hydrogens is 262 g/mol. The van der Waals surface area contributed by atoms with E-state index >= 15 is 0 Å². The van der Waals surface area contributed by atoms with Gasteiger partial charge in [0.25, 0.3) is 0 Å². The first-order valence-electron chi connectivity index (χ1n) is 7.26. The maximum absolute atomic E-state index is 9.82. The van der Waals surface area contributed by atoms with E-state index in [-0.39, 0.29) is 6.10 Å². The zero-order valence-corrected chi connectivity index (χ0v) is 12.9. The highest BCUT2D eigenvalue weighted by molar-refractivity contribution is 5.48. The van der Waals surface area contributed by atoms with E-state index in [1.165, 1.54) is 5.56 Å². The van der Waals surface area contributed by atoms with E-state index in [9.17, 15) is 5.11 Å². The SMILES string of the molecule is CC[C@@H](O)c1ccc(N(C)Cc2cccc(OC)c2)cc1. The van der Waals surface area contributed by atoms with E-state index < -0.39 is 0 Å². The molecule has 2 aromatic carbocycles. The second kappa shape index (κ2) is 7.14. The zero-order valence-electron chi connectivity index (χ0n) is 12.9. The normalized spacial score (nSPS) is 12.0. The Morgan fingerprint density at radius 3 is 2.48 bits per heavy atom. The first-order valence-corrected chi connectivity index (χ1v) is 7.26. The maximum Gasteiger partial charge on any atom is 0.119 e. The first kappa shape index (κ1) is 15.4. The summed E-state index contributed by atoms with van der Waals surface area (Å²) in [5.74, 6) is 0.877. The van der Waals surface area contributed by atoms with E-state index in [0.29, 0.717) is 0 Å². The number of hydrogen-bond acceptors (Lipinski definition) is 3. The molecule has 112 valence electrons. The van der Waals surface area contributed by atoms with Gasteiger partial charge in [0.2, 0.25) is 0 Å². The number of nitrogens with zero attached hydrogens (tertiary/aromatic N) is 1. The smallest absolute Gasteiger partial charge is 0.119 e. The molecular formula is C18H23NO2. The van der Waals surface area contributed by atoms with Crippen LogP contribution in [0.2, 0.25) is 0 Å². The molecule has 0 saturated heterocycles. The summed E-state index contributed by atoms with van der Waals surface area (Å²) < 4.78 is 5.25. The van der Waals surface area contributed by atoms with Gasteiger partial charge in [0, 0.05) is 19.3 Å². The number of benzene rings is 2. The number of aliphatic hydroxyl groups is 1. The average molecular weight is 285 g/mol. The van der Waals surface area contributed by atoms with Gasteiger partial charge in [-0.25, -0.2) is 0 Å². The molecule has 2 rings (SSSR count). The van der Waals surface area contributed by atoms with Gasteiger partial charge in [-0.1, -0.05) is 31.2 Å². The third kappa shape index (κ3) is 3.99. The van der Waals surface area contributed by atoms with Gasteiger partial charge in [0.1, 0.15) is 5.75 Å². The number of ether oxygens (including phenoxy) is 1. The van der Waals surface area contributed by atoms with Crippen LogP contribution in [0.3, 0.4) is 0 Å². The molecule has 0 unspecified atom stereocenters. The summed E-state index contributed by atoms with van der Waals surface area (Å²) in [5.41, 5.74) is 3.30. The Bertz CT molecular complexity index is 566. The van der Waals surface area contributed by atoms with Crippen LogP contribution in [0.4, 0.5) is 5.69 Å². The topological polar surface area (TPSA) is 32.7 Å². The van der Waals surface area contributed by atoms with E-state index in [1.807, 2.05) is 49.4 Å². The van der Waals surface area contributed by atoms with Crippen molar-refractivity contribution in [3.05, 3.63) is 59.7 Å². The Balaban J connectivity index is 2.07. The molecule has 0 bridgehead atoms. The summed E-state index contributed by atoms with van der Waals surface area (Å²) in [7, 11) is 3.74. The molecule has 1 atom stereocenters. The molecule has 2 aromatic rings. The van der Waals surface area contributed by atoms with Crippen LogP contribution in [-0.2, 0) is 6.54 Å². The van der Waals surface area contributed by atoms with Crippen molar-refractivity contribution in [1.82, 2.24) is 0 Å². The lowest BCUT2D eigenvalue weighted by Crippen LogP contribution is -2.16. The fraction of sp³-hybridized carbons (Fsp3) is 0.333. The van der Waals surface area contributed by atoms with Crippen molar-refractivity contribution in [1.29, 1.82) is 0 Å². The molecule has 0 heterocycles. The molecule has 0 spiro atoms. The molecule has 1 N–H and O–H groups in total. The van der Waals surface area contributed by atoms with Crippen molar-refractivity contribution >= 4 is 5.69 Å². The van der Waals surface area contributed by atoms with E-state index in [2.05, 4.69) is 18.0 Å². The van der Waals surface area contributed by atoms with Crippen LogP contribution in [0.15, 0.2) is 48.5 Å². The van der Waals surface area contributed by atoms with Crippen LogP contribution in [0.1, 0.15) is 30.6 Å². The molecule has 0 fully saturated rings. The number of anilines is 1. The first-order chi connectivity index (χ1) is 10.1. The maximum atomic E-state index is 9.82. The van der Waals surface area contributed by atoms with E-state index in [0.717, 1.165) is 30.0 Å². The number of hydrogen-bond donors (Lipinski definition) is 1. The molecule has 0 amide bonds. The molecule has 0 saturated carbocycles. The summed E-state index contributed by atoms with van der Waals surface area (Å²) in [6.07, 6.45) is 0.363. The third-order valence-electron chi connectivity index (χ3n) is 3.66. The van der Waals surface area contributed by atoms with Crippen LogP contribution in [0, 0.1) is 0 Å².